The topological polar surface area (TPSA) is 41.6 Å². The van der Waals surface area contributed by atoms with Gasteiger partial charge in [-0.25, -0.2) is 0 Å². The molecule has 0 bridgehead atoms. The van der Waals surface area contributed by atoms with E-state index in [0.29, 0.717) is 31.4 Å². The molecule has 2 aliphatic rings. The molecule has 0 radical (unpaired) electrons. The highest BCUT2D eigenvalue weighted by atomic mass is 32.1. The second-order valence-corrected chi connectivity index (χ2v) is 6.43. The maximum Gasteiger partial charge on any atom is 0.222 e. The zero-order chi connectivity index (χ0) is 13.8. The average Bonchev–Trinajstić information content (AvgIpc) is 3.18. The first kappa shape index (κ1) is 14.0. The first-order chi connectivity index (χ1) is 9.83. The van der Waals surface area contributed by atoms with E-state index in [1.807, 2.05) is 4.90 Å². The second-order valence-electron chi connectivity index (χ2n) is 5.65. The van der Waals surface area contributed by atoms with Crippen molar-refractivity contribution < 1.29 is 9.53 Å². The van der Waals surface area contributed by atoms with Gasteiger partial charge in [-0.2, -0.15) is 11.3 Å². The lowest BCUT2D eigenvalue weighted by atomic mass is 10.0. The molecule has 3 heterocycles. The van der Waals surface area contributed by atoms with Gasteiger partial charge in [-0.3, -0.25) is 4.79 Å². The van der Waals surface area contributed by atoms with Crippen molar-refractivity contribution in [1.29, 1.82) is 0 Å². The first-order valence-corrected chi connectivity index (χ1v) is 8.39. The predicted molar refractivity (Wildman–Crippen MR) is 79.8 cm³/mol. The minimum atomic E-state index is 0.0621. The minimum absolute atomic E-state index is 0.0621. The molecule has 2 saturated heterocycles. The number of nitrogens with zero attached hydrogens (tertiary/aromatic N) is 1. The van der Waals surface area contributed by atoms with E-state index in [0.717, 1.165) is 26.1 Å². The number of amides is 1. The standard InChI is InChI=1S/C15H22N2O2S/c18-15(2-1-12-3-5-16-9-12)17-6-7-19-14(10-17)13-4-8-20-11-13/h4,8,11-12,14,16H,1-3,5-7,9-10H2. The monoisotopic (exact) mass is 294 g/mol. The Balaban J connectivity index is 1.49. The summed E-state index contributed by atoms with van der Waals surface area (Å²) in [5.74, 6) is 0.980. The van der Waals surface area contributed by atoms with Crippen molar-refractivity contribution >= 4 is 17.2 Å². The molecular weight excluding hydrogens is 272 g/mol. The quantitative estimate of drug-likeness (QED) is 0.924. The number of thiophene rings is 1. The summed E-state index contributed by atoms with van der Waals surface area (Å²) in [6, 6.07) is 2.09. The van der Waals surface area contributed by atoms with E-state index in [1.165, 1.54) is 12.0 Å². The van der Waals surface area contributed by atoms with Crippen molar-refractivity contribution in [2.45, 2.75) is 25.4 Å². The van der Waals surface area contributed by atoms with E-state index in [4.69, 9.17) is 4.74 Å². The summed E-state index contributed by atoms with van der Waals surface area (Å²) >= 11 is 1.68. The van der Waals surface area contributed by atoms with Gasteiger partial charge >= 0.3 is 0 Å². The van der Waals surface area contributed by atoms with Gasteiger partial charge in [0.05, 0.1) is 13.2 Å². The average molecular weight is 294 g/mol. The van der Waals surface area contributed by atoms with E-state index in [9.17, 15) is 4.79 Å². The van der Waals surface area contributed by atoms with Gasteiger partial charge in [-0.05, 0) is 54.2 Å². The SMILES string of the molecule is O=C(CCC1CCNC1)N1CCOC(c2ccsc2)C1. The smallest absolute Gasteiger partial charge is 0.222 e. The van der Waals surface area contributed by atoms with Gasteiger partial charge in [0, 0.05) is 13.0 Å². The van der Waals surface area contributed by atoms with Crippen molar-refractivity contribution in [3.8, 4) is 0 Å². The summed E-state index contributed by atoms with van der Waals surface area (Å²) in [6.07, 6.45) is 2.98. The highest BCUT2D eigenvalue weighted by Crippen LogP contribution is 2.25. The highest BCUT2D eigenvalue weighted by Gasteiger charge is 2.26. The molecule has 0 aliphatic carbocycles. The lowest BCUT2D eigenvalue weighted by Gasteiger charge is -2.33. The van der Waals surface area contributed by atoms with Crippen molar-refractivity contribution in [2.75, 3.05) is 32.8 Å². The van der Waals surface area contributed by atoms with Gasteiger partial charge in [0.25, 0.3) is 0 Å². The second kappa shape index (κ2) is 6.70. The summed E-state index contributed by atoms with van der Waals surface area (Å²) in [6.45, 7) is 4.28. The van der Waals surface area contributed by atoms with E-state index in [1.54, 1.807) is 11.3 Å². The molecule has 1 aromatic rings. The van der Waals surface area contributed by atoms with Gasteiger partial charge in [0.15, 0.2) is 0 Å². The number of ether oxygens (including phenoxy) is 1. The molecule has 0 spiro atoms. The van der Waals surface area contributed by atoms with E-state index in [-0.39, 0.29) is 6.10 Å². The van der Waals surface area contributed by atoms with Crippen LogP contribution < -0.4 is 5.32 Å². The van der Waals surface area contributed by atoms with Crippen LogP contribution in [0.3, 0.4) is 0 Å². The molecule has 4 nitrogen and oxygen atoms in total. The van der Waals surface area contributed by atoms with Gasteiger partial charge in [0.2, 0.25) is 5.91 Å². The van der Waals surface area contributed by atoms with E-state index < -0.39 is 0 Å². The third kappa shape index (κ3) is 3.40. The number of carbonyl (C=O) groups is 1. The molecular formula is C15H22N2O2S. The molecule has 5 heteroatoms. The van der Waals surface area contributed by atoms with Crippen LogP contribution in [-0.2, 0) is 9.53 Å². The molecule has 1 aromatic heterocycles. The summed E-state index contributed by atoms with van der Waals surface area (Å²) in [5.41, 5.74) is 1.20. The Morgan fingerprint density at radius 3 is 3.25 bits per heavy atom. The van der Waals surface area contributed by atoms with Crippen LogP contribution in [0.1, 0.15) is 30.9 Å². The molecule has 3 rings (SSSR count). The normalized spacial score (nSPS) is 26.9. The molecule has 2 aliphatic heterocycles. The van der Waals surface area contributed by atoms with E-state index in [2.05, 4.69) is 22.1 Å². The Labute approximate surface area is 124 Å². The van der Waals surface area contributed by atoms with Crippen LogP contribution in [-0.4, -0.2) is 43.6 Å². The summed E-state index contributed by atoms with van der Waals surface area (Å²) in [4.78, 5) is 14.3. The third-order valence-corrected chi connectivity index (χ3v) is 4.96. The number of hydrogen-bond acceptors (Lipinski definition) is 4. The number of morpholine rings is 1. The molecule has 1 amide bonds. The van der Waals surface area contributed by atoms with Crippen molar-refractivity contribution in [2.24, 2.45) is 5.92 Å². The minimum Gasteiger partial charge on any atom is -0.370 e. The maximum atomic E-state index is 12.3. The fourth-order valence-electron chi connectivity index (χ4n) is 2.98. The highest BCUT2D eigenvalue weighted by molar-refractivity contribution is 7.07. The lowest BCUT2D eigenvalue weighted by Crippen LogP contribution is -2.42. The van der Waals surface area contributed by atoms with Gasteiger partial charge in [0.1, 0.15) is 6.10 Å². The van der Waals surface area contributed by atoms with Crippen LogP contribution in [0, 0.1) is 5.92 Å². The van der Waals surface area contributed by atoms with Crippen molar-refractivity contribution in [3.05, 3.63) is 22.4 Å². The number of hydrogen-bond donors (Lipinski definition) is 1. The van der Waals surface area contributed by atoms with Crippen LogP contribution in [0.15, 0.2) is 16.8 Å². The molecule has 2 unspecified atom stereocenters. The fourth-order valence-corrected chi connectivity index (χ4v) is 3.68. The molecule has 2 fully saturated rings. The summed E-state index contributed by atoms with van der Waals surface area (Å²) < 4.78 is 5.78. The summed E-state index contributed by atoms with van der Waals surface area (Å²) in [5, 5.41) is 7.53. The largest absolute Gasteiger partial charge is 0.370 e. The van der Waals surface area contributed by atoms with Crippen LogP contribution in [0.4, 0.5) is 0 Å². The number of rotatable bonds is 4. The first-order valence-electron chi connectivity index (χ1n) is 7.45. The molecule has 20 heavy (non-hydrogen) atoms. The lowest BCUT2D eigenvalue weighted by molar-refractivity contribution is -0.139. The zero-order valence-corrected chi connectivity index (χ0v) is 12.5. The predicted octanol–water partition coefficient (Wildman–Crippen LogP) is 2.04. The van der Waals surface area contributed by atoms with Gasteiger partial charge in [-0.1, -0.05) is 0 Å². The van der Waals surface area contributed by atoms with Gasteiger partial charge in [-0.15, -0.1) is 0 Å². The molecule has 2 atom stereocenters. The van der Waals surface area contributed by atoms with Gasteiger partial charge < -0.3 is 15.0 Å². The Morgan fingerprint density at radius 2 is 2.50 bits per heavy atom. The van der Waals surface area contributed by atoms with Crippen LogP contribution in [0.25, 0.3) is 0 Å². The van der Waals surface area contributed by atoms with Crippen molar-refractivity contribution in [3.63, 3.8) is 0 Å². The van der Waals surface area contributed by atoms with Crippen LogP contribution >= 0.6 is 11.3 Å². The maximum absolute atomic E-state index is 12.3. The Kier molecular flexibility index (Phi) is 4.70. The Hall–Kier alpha value is -0.910. The number of carbonyl (C=O) groups excluding carboxylic acids is 1. The zero-order valence-electron chi connectivity index (χ0n) is 11.7. The van der Waals surface area contributed by atoms with E-state index >= 15 is 0 Å². The fraction of sp³-hybridized carbons (Fsp3) is 0.667. The number of nitrogens with one attached hydrogen (secondary N) is 1. The molecule has 110 valence electrons. The van der Waals surface area contributed by atoms with Crippen molar-refractivity contribution in [1.82, 2.24) is 10.2 Å². The molecule has 0 saturated carbocycles. The van der Waals surface area contributed by atoms with Crippen LogP contribution in [0.5, 0.6) is 0 Å². The molecule has 1 N–H and O–H groups in total. The summed E-state index contributed by atoms with van der Waals surface area (Å²) in [7, 11) is 0. The van der Waals surface area contributed by atoms with Crippen LogP contribution in [0.2, 0.25) is 0 Å². The third-order valence-electron chi connectivity index (χ3n) is 4.26. The molecule has 0 aromatic carbocycles. The Bertz CT molecular complexity index is 429. The Morgan fingerprint density at radius 1 is 1.55 bits per heavy atom.